The first-order chi connectivity index (χ1) is 6.36. The summed E-state index contributed by atoms with van der Waals surface area (Å²) in [7, 11) is 0. The molecule has 0 saturated carbocycles. The molecular weight excluding hydrogens is 186 g/mol. The number of benzene rings is 1. The van der Waals surface area contributed by atoms with Crippen molar-refractivity contribution < 1.29 is 4.74 Å². The van der Waals surface area contributed by atoms with Crippen LogP contribution in [0.2, 0.25) is 5.02 Å². The van der Waals surface area contributed by atoms with Gasteiger partial charge in [-0.3, -0.25) is 0 Å². The van der Waals surface area contributed by atoms with Gasteiger partial charge >= 0.3 is 0 Å². The van der Waals surface area contributed by atoms with Crippen LogP contribution in [-0.4, -0.2) is 26.3 Å². The smallest absolute Gasteiger partial charge is 0.0642 e. The van der Waals surface area contributed by atoms with E-state index in [1.54, 1.807) is 0 Å². The van der Waals surface area contributed by atoms with E-state index in [0.29, 0.717) is 0 Å². The predicted molar refractivity (Wildman–Crippen MR) is 54.5 cm³/mol. The fourth-order valence-electron chi connectivity index (χ4n) is 1.49. The molecule has 0 aliphatic carbocycles. The molecule has 0 N–H and O–H groups in total. The Morgan fingerprint density at radius 1 is 1.23 bits per heavy atom. The summed E-state index contributed by atoms with van der Waals surface area (Å²) in [6.07, 6.45) is 0. The lowest BCUT2D eigenvalue weighted by Gasteiger charge is -2.28. The highest BCUT2D eigenvalue weighted by atomic mass is 35.5. The molecule has 0 bridgehead atoms. The summed E-state index contributed by atoms with van der Waals surface area (Å²) < 4.78 is 5.28. The van der Waals surface area contributed by atoms with Gasteiger partial charge in [0.1, 0.15) is 0 Å². The van der Waals surface area contributed by atoms with Crippen LogP contribution in [-0.2, 0) is 4.74 Å². The maximum Gasteiger partial charge on any atom is 0.0642 e. The van der Waals surface area contributed by atoms with Crippen molar-refractivity contribution in [2.75, 3.05) is 31.2 Å². The highest BCUT2D eigenvalue weighted by Gasteiger charge is 2.10. The Bertz CT molecular complexity index is 284. The number of anilines is 1. The molecular formula is C10H12ClNO. The molecule has 2 nitrogen and oxygen atoms in total. The van der Waals surface area contributed by atoms with Gasteiger partial charge in [-0.25, -0.2) is 0 Å². The average molecular weight is 198 g/mol. The van der Waals surface area contributed by atoms with E-state index in [-0.39, 0.29) is 0 Å². The van der Waals surface area contributed by atoms with Gasteiger partial charge in [-0.1, -0.05) is 17.7 Å². The summed E-state index contributed by atoms with van der Waals surface area (Å²) in [6.45, 7) is 3.54. The summed E-state index contributed by atoms with van der Waals surface area (Å²) in [5.41, 5.74) is 1.19. The number of hydrogen-bond donors (Lipinski definition) is 0. The number of halogens is 1. The molecule has 13 heavy (non-hydrogen) atoms. The van der Waals surface area contributed by atoms with Gasteiger partial charge in [0.25, 0.3) is 0 Å². The second-order valence-electron chi connectivity index (χ2n) is 3.08. The quantitative estimate of drug-likeness (QED) is 0.684. The van der Waals surface area contributed by atoms with Crippen molar-refractivity contribution in [2.24, 2.45) is 0 Å². The van der Waals surface area contributed by atoms with Crippen molar-refractivity contribution in [3.63, 3.8) is 0 Å². The van der Waals surface area contributed by atoms with Crippen LogP contribution in [0.4, 0.5) is 5.69 Å². The maximum atomic E-state index is 5.91. The highest BCUT2D eigenvalue weighted by molar-refractivity contribution is 6.30. The SMILES string of the molecule is Clc1cccc(N2CCOCC2)c1. The Morgan fingerprint density at radius 3 is 2.69 bits per heavy atom. The number of hydrogen-bond acceptors (Lipinski definition) is 2. The van der Waals surface area contributed by atoms with Crippen molar-refractivity contribution in [2.45, 2.75) is 0 Å². The Morgan fingerprint density at radius 2 is 2.00 bits per heavy atom. The Labute approximate surface area is 83.1 Å². The highest BCUT2D eigenvalue weighted by Crippen LogP contribution is 2.19. The molecule has 0 aromatic heterocycles. The van der Waals surface area contributed by atoms with Crippen LogP contribution in [0.1, 0.15) is 0 Å². The van der Waals surface area contributed by atoms with Crippen LogP contribution in [0.15, 0.2) is 24.3 Å². The lowest BCUT2D eigenvalue weighted by molar-refractivity contribution is 0.122. The average Bonchev–Trinajstić information content (AvgIpc) is 2.19. The first-order valence-electron chi connectivity index (χ1n) is 4.44. The topological polar surface area (TPSA) is 12.5 Å². The van der Waals surface area contributed by atoms with Gasteiger partial charge in [0.15, 0.2) is 0 Å². The summed E-state index contributed by atoms with van der Waals surface area (Å²) in [4.78, 5) is 2.29. The summed E-state index contributed by atoms with van der Waals surface area (Å²) in [5.74, 6) is 0. The first kappa shape index (κ1) is 8.85. The molecule has 0 amide bonds. The largest absolute Gasteiger partial charge is 0.378 e. The third kappa shape index (κ3) is 2.14. The van der Waals surface area contributed by atoms with Crippen LogP contribution in [0.3, 0.4) is 0 Å². The van der Waals surface area contributed by atoms with Crippen molar-refractivity contribution in [1.82, 2.24) is 0 Å². The van der Waals surface area contributed by atoms with Crippen LogP contribution < -0.4 is 4.90 Å². The van der Waals surface area contributed by atoms with E-state index in [1.165, 1.54) is 5.69 Å². The Hall–Kier alpha value is -0.730. The van der Waals surface area contributed by atoms with E-state index in [1.807, 2.05) is 18.2 Å². The zero-order valence-electron chi connectivity index (χ0n) is 7.37. The molecule has 1 aromatic carbocycles. The van der Waals surface area contributed by atoms with Crippen LogP contribution in [0.5, 0.6) is 0 Å². The van der Waals surface area contributed by atoms with Gasteiger partial charge < -0.3 is 9.64 Å². The lowest BCUT2D eigenvalue weighted by Crippen LogP contribution is -2.36. The zero-order chi connectivity index (χ0) is 9.10. The van der Waals surface area contributed by atoms with Gasteiger partial charge in [0.2, 0.25) is 0 Å². The minimum atomic E-state index is 0.795. The van der Waals surface area contributed by atoms with E-state index in [0.717, 1.165) is 31.3 Å². The van der Waals surface area contributed by atoms with Gasteiger partial charge in [-0.2, -0.15) is 0 Å². The molecule has 1 fully saturated rings. The van der Waals surface area contributed by atoms with Crippen LogP contribution >= 0.6 is 11.6 Å². The third-order valence-electron chi connectivity index (χ3n) is 2.18. The fraction of sp³-hybridized carbons (Fsp3) is 0.400. The van der Waals surface area contributed by atoms with Crippen molar-refractivity contribution >= 4 is 17.3 Å². The van der Waals surface area contributed by atoms with Gasteiger partial charge in [0.05, 0.1) is 13.2 Å². The maximum absolute atomic E-state index is 5.91. The van der Waals surface area contributed by atoms with Crippen LogP contribution in [0.25, 0.3) is 0 Å². The van der Waals surface area contributed by atoms with Crippen molar-refractivity contribution in [3.8, 4) is 0 Å². The van der Waals surface area contributed by atoms with Crippen molar-refractivity contribution in [3.05, 3.63) is 29.3 Å². The molecule has 0 radical (unpaired) electrons. The second-order valence-corrected chi connectivity index (χ2v) is 3.52. The molecule has 1 saturated heterocycles. The number of ether oxygens (including phenoxy) is 1. The van der Waals surface area contributed by atoms with Crippen LogP contribution in [0, 0.1) is 0 Å². The molecule has 3 heteroatoms. The normalized spacial score (nSPS) is 17.5. The van der Waals surface area contributed by atoms with Gasteiger partial charge in [-0.05, 0) is 18.2 Å². The third-order valence-corrected chi connectivity index (χ3v) is 2.42. The molecule has 1 aromatic rings. The summed E-state index contributed by atoms with van der Waals surface area (Å²) in [6, 6.07) is 7.95. The fourth-order valence-corrected chi connectivity index (χ4v) is 1.68. The second kappa shape index (κ2) is 3.99. The summed E-state index contributed by atoms with van der Waals surface area (Å²) >= 11 is 5.91. The molecule has 0 atom stereocenters. The molecule has 70 valence electrons. The predicted octanol–water partition coefficient (Wildman–Crippen LogP) is 2.18. The zero-order valence-corrected chi connectivity index (χ0v) is 8.13. The standard InChI is InChI=1S/C10H12ClNO/c11-9-2-1-3-10(8-9)12-4-6-13-7-5-12/h1-3,8H,4-7H2. The first-order valence-corrected chi connectivity index (χ1v) is 4.82. The number of rotatable bonds is 1. The molecule has 0 spiro atoms. The summed E-state index contributed by atoms with van der Waals surface area (Å²) in [5, 5.41) is 0.795. The number of morpholine rings is 1. The lowest BCUT2D eigenvalue weighted by atomic mass is 10.2. The van der Waals surface area contributed by atoms with Gasteiger partial charge in [0, 0.05) is 23.8 Å². The number of nitrogens with zero attached hydrogens (tertiary/aromatic N) is 1. The molecule has 2 rings (SSSR count). The van der Waals surface area contributed by atoms with E-state index < -0.39 is 0 Å². The Kier molecular flexibility index (Phi) is 2.71. The molecule has 1 aliphatic rings. The van der Waals surface area contributed by atoms with Crippen molar-refractivity contribution in [1.29, 1.82) is 0 Å². The minimum Gasteiger partial charge on any atom is -0.378 e. The minimum absolute atomic E-state index is 0.795. The monoisotopic (exact) mass is 197 g/mol. The molecule has 1 heterocycles. The van der Waals surface area contributed by atoms with Gasteiger partial charge in [-0.15, -0.1) is 0 Å². The molecule has 0 unspecified atom stereocenters. The van der Waals surface area contributed by atoms with E-state index in [4.69, 9.17) is 16.3 Å². The van der Waals surface area contributed by atoms with E-state index >= 15 is 0 Å². The molecule has 1 aliphatic heterocycles. The van der Waals surface area contributed by atoms with E-state index in [2.05, 4.69) is 11.0 Å². The Balaban J connectivity index is 2.14. The van der Waals surface area contributed by atoms with E-state index in [9.17, 15) is 0 Å².